The van der Waals surface area contributed by atoms with Crippen molar-refractivity contribution in [2.75, 3.05) is 5.32 Å². The van der Waals surface area contributed by atoms with Crippen molar-refractivity contribution in [3.8, 4) is 11.1 Å². The quantitative estimate of drug-likeness (QED) is 0.507. The number of carbonyl (C=O) groups is 3. The first-order valence-corrected chi connectivity index (χ1v) is 10.1. The first-order chi connectivity index (χ1) is 15.3. The van der Waals surface area contributed by atoms with Crippen molar-refractivity contribution >= 4 is 23.5 Å². The SMILES string of the molecule is CC(C)[C@H](NC(=O)c1ccc(-c2ccc(NC(=O)c3ccccc3F)cc2)cc1)C(=O)O. The zero-order valence-electron chi connectivity index (χ0n) is 17.6. The van der Waals surface area contributed by atoms with Gasteiger partial charge in [0.05, 0.1) is 5.56 Å². The van der Waals surface area contributed by atoms with Crippen LogP contribution in [0.25, 0.3) is 11.1 Å². The van der Waals surface area contributed by atoms with Crippen molar-refractivity contribution in [1.82, 2.24) is 5.32 Å². The second-order valence-corrected chi connectivity index (χ2v) is 7.62. The second kappa shape index (κ2) is 9.87. The summed E-state index contributed by atoms with van der Waals surface area (Å²) in [4.78, 5) is 35.9. The van der Waals surface area contributed by atoms with Crippen LogP contribution in [-0.2, 0) is 4.79 Å². The minimum absolute atomic E-state index is 0.0342. The summed E-state index contributed by atoms with van der Waals surface area (Å²) in [6, 6.07) is 18.5. The highest BCUT2D eigenvalue weighted by Gasteiger charge is 2.23. The molecule has 3 aromatic carbocycles. The molecule has 1 atom stereocenters. The molecule has 0 aromatic heterocycles. The molecule has 7 heteroatoms. The van der Waals surface area contributed by atoms with Crippen molar-refractivity contribution in [2.24, 2.45) is 5.92 Å². The zero-order valence-corrected chi connectivity index (χ0v) is 17.6. The molecular formula is C25H23FN2O4. The van der Waals surface area contributed by atoms with E-state index in [1.807, 2.05) is 0 Å². The number of carboxylic acids is 1. The molecule has 32 heavy (non-hydrogen) atoms. The molecule has 0 saturated heterocycles. The van der Waals surface area contributed by atoms with E-state index in [2.05, 4.69) is 10.6 Å². The molecule has 6 nitrogen and oxygen atoms in total. The fourth-order valence-corrected chi connectivity index (χ4v) is 3.14. The number of halogens is 1. The van der Waals surface area contributed by atoms with Crippen molar-refractivity contribution < 1.29 is 23.9 Å². The van der Waals surface area contributed by atoms with E-state index < -0.39 is 29.6 Å². The number of hydrogen-bond donors (Lipinski definition) is 3. The fraction of sp³-hybridized carbons (Fsp3) is 0.160. The molecule has 0 unspecified atom stereocenters. The van der Waals surface area contributed by atoms with E-state index in [1.54, 1.807) is 68.4 Å². The minimum atomic E-state index is -1.08. The van der Waals surface area contributed by atoms with Gasteiger partial charge in [0.15, 0.2) is 0 Å². The van der Waals surface area contributed by atoms with Gasteiger partial charge in [0, 0.05) is 11.3 Å². The molecule has 0 bridgehead atoms. The third-order valence-corrected chi connectivity index (χ3v) is 4.96. The van der Waals surface area contributed by atoms with E-state index in [9.17, 15) is 23.9 Å². The van der Waals surface area contributed by atoms with E-state index in [-0.39, 0.29) is 11.5 Å². The standard InChI is InChI=1S/C25H23FN2O4/c1-15(2)22(25(31)32)28-23(29)18-9-7-16(8-10-18)17-11-13-19(14-12-17)27-24(30)20-5-3-4-6-21(20)26/h3-15,22H,1-2H3,(H,27,30)(H,28,29)(H,31,32)/t22-/m0/s1. The Balaban J connectivity index is 1.67. The molecule has 164 valence electrons. The Kier molecular flexibility index (Phi) is 7.00. The summed E-state index contributed by atoms with van der Waals surface area (Å²) in [5.41, 5.74) is 2.53. The van der Waals surface area contributed by atoms with Gasteiger partial charge in [-0.2, -0.15) is 0 Å². The number of aliphatic carboxylic acids is 1. The molecule has 2 amide bonds. The largest absolute Gasteiger partial charge is 0.480 e. The number of carboxylic acid groups (broad SMARTS) is 1. The van der Waals surface area contributed by atoms with Crippen LogP contribution in [0.4, 0.5) is 10.1 Å². The van der Waals surface area contributed by atoms with Crippen LogP contribution in [-0.4, -0.2) is 28.9 Å². The summed E-state index contributed by atoms with van der Waals surface area (Å²) in [6.45, 7) is 3.45. The average Bonchev–Trinajstić information content (AvgIpc) is 2.77. The second-order valence-electron chi connectivity index (χ2n) is 7.62. The highest BCUT2D eigenvalue weighted by molar-refractivity contribution is 6.04. The molecule has 0 spiro atoms. The maximum absolute atomic E-state index is 13.7. The van der Waals surface area contributed by atoms with Gasteiger partial charge in [-0.1, -0.05) is 50.2 Å². The van der Waals surface area contributed by atoms with Gasteiger partial charge in [0.25, 0.3) is 11.8 Å². The van der Waals surface area contributed by atoms with Crippen molar-refractivity contribution in [3.63, 3.8) is 0 Å². The molecule has 0 fully saturated rings. The van der Waals surface area contributed by atoms with E-state index in [1.165, 1.54) is 18.2 Å². The smallest absolute Gasteiger partial charge is 0.326 e. The number of nitrogens with one attached hydrogen (secondary N) is 2. The lowest BCUT2D eigenvalue weighted by Crippen LogP contribution is -2.44. The zero-order chi connectivity index (χ0) is 23.3. The lowest BCUT2D eigenvalue weighted by atomic mass is 10.0. The third kappa shape index (κ3) is 5.37. The molecule has 3 rings (SSSR count). The maximum Gasteiger partial charge on any atom is 0.326 e. The van der Waals surface area contributed by atoms with Crippen LogP contribution >= 0.6 is 0 Å². The fourth-order valence-electron chi connectivity index (χ4n) is 3.14. The number of hydrogen-bond acceptors (Lipinski definition) is 3. The van der Waals surface area contributed by atoms with E-state index in [0.29, 0.717) is 11.3 Å². The van der Waals surface area contributed by atoms with E-state index in [4.69, 9.17) is 0 Å². The van der Waals surface area contributed by atoms with E-state index in [0.717, 1.165) is 11.1 Å². The van der Waals surface area contributed by atoms with Crippen molar-refractivity contribution in [3.05, 3.63) is 89.7 Å². The average molecular weight is 434 g/mol. The topological polar surface area (TPSA) is 95.5 Å². The number of benzene rings is 3. The first kappa shape index (κ1) is 22.7. The lowest BCUT2D eigenvalue weighted by Gasteiger charge is -2.18. The summed E-state index contributed by atoms with van der Waals surface area (Å²) >= 11 is 0. The van der Waals surface area contributed by atoms with E-state index >= 15 is 0 Å². The van der Waals surface area contributed by atoms with Gasteiger partial charge < -0.3 is 15.7 Å². The van der Waals surface area contributed by atoms with Crippen molar-refractivity contribution in [1.29, 1.82) is 0 Å². The van der Waals surface area contributed by atoms with Crippen LogP contribution in [0, 0.1) is 11.7 Å². The van der Waals surface area contributed by atoms with Crippen molar-refractivity contribution in [2.45, 2.75) is 19.9 Å². The summed E-state index contributed by atoms with van der Waals surface area (Å²) in [6.07, 6.45) is 0. The molecule has 0 heterocycles. The highest BCUT2D eigenvalue weighted by Crippen LogP contribution is 2.22. The van der Waals surface area contributed by atoms with Gasteiger partial charge in [-0.15, -0.1) is 0 Å². The monoisotopic (exact) mass is 434 g/mol. The number of carbonyl (C=O) groups excluding carboxylic acids is 2. The van der Waals surface area contributed by atoms with Gasteiger partial charge in [0.1, 0.15) is 11.9 Å². The molecular weight excluding hydrogens is 411 g/mol. The number of anilines is 1. The predicted octanol–water partition coefficient (Wildman–Crippen LogP) is 4.58. The highest BCUT2D eigenvalue weighted by atomic mass is 19.1. The van der Waals surface area contributed by atoms with Gasteiger partial charge in [-0.25, -0.2) is 9.18 Å². The Labute approximate surface area is 185 Å². The Hall–Kier alpha value is -4.00. The van der Waals surface area contributed by atoms with Crippen LogP contribution < -0.4 is 10.6 Å². The molecule has 3 aromatic rings. The maximum atomic E-state index is 13.7. The van der Waals surface area contributed by atoms with Gasteiger partial charge in [-0.05, 0) is 53.4 Å². The predicted molar refractivity (Wildman–Crippen MR) is 120 cm³/mol. The Bertz CT molecular complexity index is 1130. The summed E-state index contributed by atoms with van der Waals surface area (Å²) in [5.74, 6) is -2.90. The lowest BCUT2D eigenvalue weighted by molar-refractivity contribution is -0.140. The molecule has 0 saturated carbocycles. The normalized spacial score (nSPS) is 11.6. The first-order valence-electron chi connectivity index (χ1n) is 10.1. The molecule has 0 aliphatic carbocycles. The Morgan fingerprint density at radius 1 is 0.812 bits per heavy atom. The van der Waals surface area contributed by atoms with Crippen LogP contribution in [0.3, 0.4) is 0 Å². The van der Waals surface area contributed by atoms with Gasteiger partial charge in [-0.3, -0.25) is 9.59 Å². The van der Waals surface area contributed by atoms with Gasteiger partial charge in [0.2, 0.25) is 0 Å². The molecule has 0 radical (unpaired) electrons. The van der Waals surface area contributed by atoms with Crippen LogP contribution in [0.15, 0.2) is 72.8 Å². The minimum Gasteiger partial charge on any atom is -0.480 e. The number of rotatable bonds is 7. The summed E-state index contributed by atoms with van der Waals surface area (Å²) < 4.78 is 13.7. The summed E-state index contributed by atoms with van der Waals surface area (Å²) in [5, 5.41) is 14.4. The molecule has 0 aliphatic heterocycles. The van der Waals surface area contributed by atoms with Crippen LogP contribution in [0.1, 0.15) is 34.6 Å². The molecule has 0 aliphatic rings. The third-order valence-electron chi connectivity index (χ3n) is 4.96. The Morgan fingerprint density at radius 3 is 1.91 bits per heavy atom. The summed E-state index contributed by atoms with van der Waals surface area (Å²) in [7, 11) is 0. The van der Waals surface area contributed by atoms with Crippen LogP contribution in [0.5, 0.6) is 0 Å². The van der Waals surface area contributed by atoms with Gasteiger partial charge >= 0.3 is 5.97 Å². The number of amides is 2. The Morgan fingerprint density at radius 2 is 1.38 bits per heavy atom. The van der Waals surface area contributed by atoms with Crippen LogP contribution in [0.2, 0.25) is 0 Å². The molecule has 3 N–H and O–H groups in total.